The molecular formula is C11H8O6. The molecule has 0 saturated carbocycles. The molecule has 6 nitrogen and oxygen atoms in total. The second-order valence-corrected chi connectivity index (χ2v) is 3.29. The summed E-state index contributed by atoms with van der Waals surface area (Å²) >= 11 is 0. The Morgan fingerprint density at radius 2 is 2.12 bits per heavy atom. The monoisotopic (exact) mass is 236 g/mol. The SMILES string of the molecule is COc1ccc2cc(C(=O)O)c(=O)oc2c1O. The van der Waals surface area contributed by atoms with Crippen molar-refractivity contribution in [3.05, 3.63) is 34.2 Å². The average Bonchev–Trinajstić information content (AvgIpc) is 2.29. The van der Waals surface area contributed by atoms with Gasteiger partial charge in [0.15, 0.2) is 11.3 Å². The lowest BCUT2D eigenvalue weighted by molar-refractivity contribution is 0.0692. The predicted molar refractivity (Wildman–Crippen MR) is 57.7 cm³/mol. The number of carboxylic acid groups (broad SMARTS) is 1. The van der Waals surface area contributed by atoms with Gasteiger partial charge in [-0.05, 0) is 18.2 Å². The molecule has 0 aliphatic heterocycles. The van der Waals surface area contributed by atoms with Crippen molar-refractivity contribution < 1.29 is 24.2 Å². The van der Waals surface area contributed by atoms with Crippen LogP contribution in [0.25, 0.3) is 11.0 Å². The molecule has 0 amide bonds. The Kier molecular flexibility index (Phi) is 2.47. The van der Waals surface area contributed by atoms with Gasteiger partial charge in [0.05, 0.1) is 7.11 Å². The van der Waals surface area contributed by atoms with Gasteiger partial charge in [-0.25, -0.2) is 9.59 Å². The molecule has 6 heteroatoms. The number of hydrogen-bond donors (Lipinski definition) is 2. The van der Waals surface area contributed by atoms with Crippen LogP contribution in [0.4, 0.5) is 0 Å². The fourth-order valence-corrected chi connectivity index (χ4v) is 1.47. The number of carbonyl (C=O) groups is 1. The van der Waals surface area contributed by atoms with E-state index in [1.807, 2.05) is 0 Å². The average molecular weight is 236 g/mol. The highest BCUT2D eigenvalue weighted by Crippen LogP contribution is 2.33. The van der Waals surface area contributed by atoms with Crippen molar-refractivity contribution in [1.29, 1.82) is 0 Å². The maximum absolute atomic E-state index is 11.3. The maximum atomic E-state index is 11.3. The number of rotatable bonds is 2. The number of carboxylic acids is 1. The molecule has 2 rings (SSSR count). The lowest BCUT2D eigenvalue weighted by Crippen LogP contribution is -2.12. The Balaban J connectivity index is 2.83. The Morgan fingerprint density at radius 1 is 1.41 bits per heavy atom. The highest BCUT2D eigenvalue weighted by Gasteiger charge is 2.15. The molecule has 0 saturated heterocycles. The smallest absolute Gasteiger partial charge is 0.351 e. The predicted octanol–water partition coefficient (Wildman–Crippen LogP) is 1.21. The minimum atomic E-state index is -1.38. The van der Waals surface area contributed by atoms with Crippen molar-refractivity contribution in [3.8, 4) is 11.5 Å². The molecule has 88 valence electrons. The lowest BCUT2D eigenvalue weighted by Gasteiger charge is -2.05. The number of aromatic carboxylic acids is 1. The van der Waals surface area contributed by atoms with E-state index in [1.165, 1.54) is 19.2 Å². The Morgan fingerprint density at radius 3 is 2.71 bits per heavy atom. The van der Waals surface area contributed by atoms with Crippen LogP contribution in [0.3, 0.4) is 0 Å². The topological polar surface area (TPSA) is 97.0 Å². The van der Waals surface area contributed by atoms with Crippen molar-refractivity contribution in [3.63, 3.8) is 0 Å². The first-order valence-corrected chi connectivity index (χ1v) is 4.61. The van der Waals surface area contributed by atoms with Crippen LogP contribution < -0.4 is 10.4 Å². The van der Waals surface area contributed by atoms with Crippen molar-refractivity contribution in [1.82, 2.24) is 0 Å². The van der Waals surface area contributed by atoms with E-state index in [0.29, 0.717) is 5.39 Å². The summed E-state index contributed by atoms with van der Waals surface area (Å²) in [6, 6.07) is 4.08. The zero-order valence-electron chi connectivity index (χ0n) is 8.76. The van der Waals surface area contributed by atoms with Gasteiger partial charge in [0.2, 0.25) is 5.75 Å². The molecule has 1 aromatic carbocycles. The van der Waals surface area contributed by atoms with Gasteiger partial charge in [-0.15, -0.1) is 0 Å². The van der Waals surface area contributed by atoms with Crippen LogP contribution >= 0.6 is 0 Å². The van der Waals surface area contributed by atoms with Gasteiger partial charge in [0, 0.05) is 5.39 Å². The molecule has 17 heavy (non-hydrogen) atoms. The number of aromatic hydroxyl groups is 1. The van der Waals surface area contributed by atoms with Crippen molar-refractivity contribution in [2.24, 2.45) is 0 Å². The highest BCUT2D eigenvalue weighted by atomic mass is 16.5. The number of methoxy groups -OCH3 is 1. The van der Waals surface area contributed by atoms with E-state index in [1.54, 1.807) is 0 Å². The van der Waals surface area contributed by atoms with Crippen molar-refractivity contribution in [2.75, 3.05) is 7.11 Å². The highest BCUT2D eigenvalue weighted by molar-refractivity contribution is 5.93. The first kappa shape index (κ1) is 11.0. The molecule has 1 heterocycles. The molecule has 2 N–H and O–H groups in total. The molecule has 0 fully saturated rings. The standard InChI is InChI=1S/C11H8O6/c1-16-7-3-2-5-4-6(10(13)14)11(15)17-9(5)8(7)12/h2-4,12H,1H3,(H,13,14). The van der Waals surface area contributed by atoms with Crippen molar-refractivity contribution in [2.45, 2.75) is 0 Å². The van der Waals surface area contributed by atoms with E-state index < -0.39 is 17.2 Å². The van der Waals surface area contributed by atoms with Crippen LogP contribution in [0.1, 0.15) is 10.4 Å². The minimum absolute atomic E-state index is 0.0978. The van der Waals surface area contributed by atoms with Gasteiger partial charge >= 0.3 is 11.6 Å². The largest absolute Gasteiger partial charge is 0.502 e. The van der Waals surface area contributed by atoms with Crippen molar-refractivity contribution >= 4 is 16.9 Å². The fourth-order valence-electron chi connectivity index (χ4n) is 1.47. The second kappa shape index (κ2) is 3.82. The summed E-state index contributed by atoms with van der Waals surface area (Å²) in [6.45, 7) is 0. The van der Waals surface area contributed by atoms with Gasteiger partial charge in [0.25, 0.3) is 0 Å². The first-order valence-electron chi connectivity index (χ1n) is 4.61. The number of phenolic OH excluding ortho intramolecular Hbond substituents is 1. The molecule has 0 atom stereocenters. The molecule has 1 aromatic heterocycles. The summed E-state index contributed by atoms with van der Waals surface area (Å²) in [5.74, 6) is -1.57. The third-order valence-corrected chi connectivity index (χ3v) is 2.29. The molecule has 2 aromatic rings. The summed E-state index contributed by atoms with van der Waals surface area (Å²) in [6.07, 6.45) is 0. The zero-order chi connectivity index (χ0) is 12.6. The van der Waals surface area contributed by atoms with Gasteiger partial charge < -0.3 is 19.4 Å². The van der Waals surface area contributed by atoms with Crippen LogP contribution in [0.5, 0.6) is 11.5 Å². The van der Waals surface area contributed by atoms with E-state index in [2.05, 4.69) is 0 Å². The zero-order valence-corrected chi connectivity index (χ0v) is 8.76. The molecule has 0 spiro atoms. The van der Waals surface area contributed by atoms with Gasteiger partial charge in [-0.2, -0.15) is 0 Å². The van der Waals surface area contributed by atoms with Crippen LogP contribution in [-0.2, 0) is 0 Å². The van der Waals surface area contributed by atoms with E-state index in [0.717, 1.165) is 6.07 Å². The number of benzene rings is 1. The summed E-state index contributed by atoms with van der Waals surface area (Å²) in [5.41, 5.74) is -1.60. The molecular weight excluding hydrogens is 228 g/mol. The van der Waals surface area contributed by atoms with E-state index in [9.17, 15) is 14.7 Å². The quantitative estimate of drug-likeness (QED) is 0.760. The normalized spacial score (nSPS) is 10.4. The van der Waals surface area contributed by atoms with Crippen LogP contribution in [0, 0.1) is 0 Å². The maximum Gasteiger partial charge on any atom is 0.351 e. The summed E-state index contributed by atoms with van der Waals surface area (Å²) in [5, 5.41) is 18.8. The molecule has 0 aliphatic carbocycles. The molecule has 0 aliphatic rings. The van der Waals surface area contributed by atoms with E-state index >= 15 is 0 Å². The van der Waals surface area contributed by atoms with Crippen LogP contribution in [0.15, 0.2) is 27.4 Å². The lowest BCUT2D eigenvalue weighted by atomic mass is 10.1. The van der Waals surface area contributed by atoms with Gasteiger partial charge in [0.1, 0.15) is 5.56 Å². The van der Waals surface area contributed by atoms with Gasteiger partial charge in [-0.3, -0.25) is 0 Å². The molecule has 0 radical (unpaired) electrons. The Hall–Kier alpha value is -2.50. The number of hydrogen-bond acceptors (Lipinski definition) is 5. The van der Waals surface area contributed by atoms with Crippen LogP contribution in [-0.4, -0.2) is 23.3 Å². The Bertz CT molecular complexity index is 655. The molecule has 0 bridgehead atoms. The summed E-state index contributed by atoms with van der Waals surface area (Å²) in [7, 11) is 1.35. The van der Waals surface area contributed by atoms with Gasteiger partial charge in [-0.1, -0.05) is 0 Å². The number of fused-ring (bicyclic) bond motifs is 1. The number of ether oxygens (including phenoxy) is 1. The third-order valence-electron chi connectivity index (χ3n) is 2.29. The second-order valence-electron chi connectivity index (χ2n) is 3.29. The van der Waals surface area contributed by atoms with Crippen LogP contribution in [0.2, 0.25) is 0 Å². The third kappa shape index (κ3) is 1.69. The number of phenols is 1. The minimum Gasteiger partial charge on any atom is -0.502 e. The summed E-state index contributed by atoms with van der Waals surface area (Å²) < 4.78 is 9.60. The first-order chi connectivity index (χ1) is 8.04. The molecule has 0 unspecified atom stereocenters. The van der Waals surface area contributed by atoms with E-state index in [-0.39, 0.29) is 17.1 Å². The summed E-state index contributed by atoms with van der Waals surface area (Å²) in [4.78, 5) is 22.1. The van der Waals surface area contributed by atoms with E-state index in [4.69, 9.17) is 14.3 Å². The fraction of sp³-hybridized carbons (Fsp3) is 0.0909. The Labute approximate surface area is 94.7 Å².